The Hall–Kier alpha value is -1.28. The minimum absolute atomic E-state index is 0.0193. The van der Waals surface area contributed by atoms with E-state index in [4.69, 9.17) is 4.74 Å². The predicted octanol–water partition coefficient (Wildman–Crippen LogP) is 3.36. The van der Waals surface area contributed by atoms with E-state index in [0.29, 0.717) is 11.7 Å². The number of hydrogen-bond acceptors (Lipinski definition) is 4. The first kappa shape index (κ1) is 17.1. The fraction of sp³-hybridized carbons (Fsp3) is 0.824. The number of nitrogens with zero attached hydrogens (tertiary/aromatic N) is 3. The lowest BCUT2D eigenvalue weighted by atomic mass is 10.1. The number of nitrogens with one attached hydrogen (secondary N) is 1. The zero-order valence-electron chi connectivity index (χ0n) is 14.4. The third kappa shape index (κ3) is 3.38. The highest BCUT2D eigenvalue weighted by molar-refractivity contribution is 5.41. The highest BCUT2D eigenvalue weighted by atomic mass is 19.4. The fourth-order valence-corrected chi connectivity index (χ4v) is 4.38. The maximum Gasteiger partial charge on any atom is 0.410 e. The maximum absolute atomic E-state index is 13.4. The average molecular weight is 358 g/mol. The molecule has 1 N–H and O–H groups in total. The van der Waals surface area contributed by atoms with E-state index in [9.17, 15) is 13.2 Å². The molecule has 0 amide bonds. The second-order valence-electron chi connectivity index (χ2n) is 7.62. The molecule has 0 aromatic carbocycles. The molecule has 25 heavy (non-hydrogen) atoms. The summed E-state index contributed by atoms with van der Waals surface area (Å²) >= 11 is 0. The Kier molecular flexibility index (Phi) is 4.43. The van der Waals surface area contributed by atoms with Crippen molar-refractivity contribution >= 4 is 5.82 Å². The highest BCUT2D eigenvalue weighted by Gasteiger charge is 2.46. The lowest BCUT2D eigenvalue weighted by molar-refractivity contribution is -0.173. The van der Waals surface area contributed by atoms with E-state index in [1.54, 1.807) is 6.92 Å². The van der Waals surface area contributed by atoms with Crippen molar-refractivity contribution in [3.63, 3.8) is 0 Å². The molecule has 140 valence electrons. The van der Waals surface area contributed by atoms with Gasteiger partial charge in [0, 0.05) is 25.3 Å². The molecule has 0 bridgehead atoms. The van der Waals surface area contributed by atoms with Gasteiger partial charge in [0.05, 0.1) is 18.3 Å². The molecule has 2 saturated heterocycles. The summed E-state index contributed by atoms with van der Waals surface area (Å²) in [6.07, 6.45) is -1.17. The molecule has 2 fully saturated rings. The van der Waals surface area contributed by atoms with Crippen LogP contribution in [0.1, 0.15) is 50.4 Å². The van der Waals surface area contributed by atoms with Crippen LogP contribution in [0.3, 0.4) is 0 Å². The number of anilines is 1. The lowest BCUT2D eigenvalue weighted by Crippen LogP contribution is -2.38. The summed E-state index contributed by atoms with van der Waals surface area (Å²) in [7, 11) is 0. The topological polar surface area (TPSA) is 42.3 Å². The smallest absolute Gasteiger partial charge is 0.381 e. The van der Waals surface area contributed by atoms with Crippen molar-refractivity contribution in [1.29, 1.82) is 0 Å². The minimum atomic E-state index is -4.27. The first-order valence-electron chi connectivity index (χ1n) is 9.16. The normalized spacial score (nSPS) is 33.4. The highest BCUT2D eigenvalue weighted by Crippen LogP contribution is 2.41. The molecule has 4 atom stereocenters. The summed E-state index contributed by atoms with van der Waals surface area (Å²) in [6, 6.07) is 0.192. The molecule has 0 saturated carbocycles. The molecular weight excluding hydrogens is 333 g/mol. The van der Waals surface area contributed by atoms with Gasteiger partial charge in [0.1, 0.15) is 5.82 Å². The van der Waals surface area contributed by atoms with Crippen LogP contribution >= 0.6 is 0 Å². The fourth-order valence-electron chi connectivity index (χ4n) is 4.38. The minimum Gasteiger partial charge on any atom is -0.381 e. The monoisotopic (exact) mass is 358 g/mol. The van der Waals surface area contributed by atoms with Crippen molar-refractivity contribution in [2.24, 2.45) is 5.92 Å². The second-order valence-corrected chi connectivity index (χ2v) is 7.62. The van der Waals surface area contributed by atoms with Gasteiger partial charge in [-0.15, -0.1) is 0 Å². The van der Waals surface area contributed by atoms with E-state index in [1.807, 2.05) is 6.07 Å². The summed E-state index contributed by atoms with van der Waals surface area (Å²) in [5.74, 6) is 1.02. The van der Waals surface area contributed by atoms with Gasteiger partial charge in [0.15, 0.2) is 6.04 Å². The first-order chi connectivity index (χ1) is 11.9. The van der Waals surface area contributed by atoms with E-state index < -0.39 is 12.2 Å². The Labute approximate surface area is 145 Å². The van der Waals surface area contributed by atoms with Crippen LogP contribution in [0.4, 0.5) is 19.0 Å². The van der Waals surface area contributed by atoms with Crippen molar-refractivity contribution in [3.8, 4) is 0 Å². The van der Waals surface area contributed by atoms with Crippen molar-refractivity contribution in [1.82, 2.24) is 14.7 Å². The third-order valence-corrected chi connectivity index (χ3v) is 5.62. The molecule has 0 spiro atoms. The van der Waals surface area contributed by atoms with Crippen molar-refractivity contribution < 1.29 is 17.9 Å². The van der Waals surface area contributed by atoms with Crippen molar-refractivity contribution in [2.75, 3.05) is 31.6 Å². The number of fused-ring (bicyclic) bond motifs is 1. The van der Waals surface area contributed by atoms with Crippen LogP contribution in [0.5, 0.6) is 0 Å². The molecule has 3 aliphatic rings. The number of alkyl halides is 3. The molecule has 0 radical (unpaired) electrons. The van der Waals surface area contributed by atoms with Gasteiger partial charge in [-0.1, -0.05) is 0 Å². The zero-order valence-corrected chi connectivity index (χ0v) is 14.4. The van der Waals surface area contributed by atoms with Gasteiger partial charge < -0.3 is 10.1 Å². The van der Waals surface area contributed by atoms with Gasteiger partial charge in [-0.25, -0.2) is 4.68 Å². The number of rotatable bonds is 3. The molecule has 0 unspecified atom stereocenters. The van der Waals surface area contributed by atoms with Crippen LogP contribution in [0.15, 0.2) is 6.07 Å². The molecule has 8 heteroatoms. The van der Waals surface area contributed by atoms with Gasteiger partial charge in [0.25, 0.3) is 0 Å². The molecular formula is C17H25F3N4O. The van der Waals surface area contributed by atoms with Gasteiger partial charge in [-0.3, -0.25) is 4.90 Å². The average Bonchev–Trinajstić information content (AvgIpc) is 3.25. The van der Waals surface area contributed by atoms with E-state index in [1.165, 1.54) is 0 Å². The number of halogens is 3. The molecule has 5 nitrogen and oxygen atoms in total. The van der Waals surface area contributed by atoms with Gasteiger partial charge in [-0.2, -0.15) is 18.3 Å². The summed E-state index contributed by atoms with van der Waals surface area (Å²) in [5.41, 5.74) is 0.766. The molecule has 1 aromatic rings. The van der Waals surface area contributed by atoms with Crippen molar-refractivity contribution in [3.05, 3.63) is 11.8 Å². The van der Waals surface area contributed by atoms with E-state index in [-0.39, 0.29) is 18.5 Å². The first-order valence-corrected chi connectivity index (χ1v) is 9.16. The number of ether oxygens (including phenoxy) is 1. The predicted molar refractivity (Wildman–Crippen MR) is 87.5 cm³/mol. The van der Waals surface area contributed by atoms with Crippen LogP contribution in [0.2, 0.25) is 0 Å². The summed E-state index contributed by atoms with van der Waals surface area (Å²) in [4.78, 5) is 2.37. The summed E-state index contributed by atoms with van der Waals surface area (Å²) in [5, 5.41) is 7.56. The third-order valence-electron chi connectivity index (χ3n) is 5.62. The Bertz CT molecular complexity index is 612. The van der Waals surface area contributed by atoms with Crippen LogP contribution in [-0.2, 0) is 4.74 Å². The van der Waals surface area contributed by atoms with Gasteiger partial charge >= 0.3 is 6.18 Å². The molecule has 1 aromatic heterocycles. The lowest BCUT2D eigenvalue weighted by Gasteiger charge is -2.31. The van der Waals surface area contributed by atoms with E-state index in [0.717, 1.165) is 55.9 Å². The Morgan fingerprint density at radius 2 is 2.20 bits per heavy atom. The Morgan fingerprint density at radius 3 is 2.92 bits per heavy atom. The summed E-state index contributed by atoms with van der Waals surface area (Å²) in [6.45, 7) is 5.32. The zero-order chi connectivity index (χ0) is 17.6. The SMILES string of the molecule is C[C@@H]1C[C@H](C(F)(F)F)n2nc([C@H]3CCCN3C[C@@H]3CCOC3)cc2N1. The standard InChI is InChI=1S/C17H25F3N4O/c1-11-7-15(17(18,19)20)24-16(21-11)8-13(22-24)14-3-2-5-23(14)9-12-4-6-25-10-12/h8,11-12,14-15,21H,2-7,9-10H2,1H3/t11-,12+,14-,15-/m1/s1. The molecule has 4 rings (SSSR count). The molecule has 4 heterocycles. The van der Waals surface area contributed by atoms with Gasteiger partial charge in [-0.05, 0) is 45.1 Å². The van der Waals surface area contributed by atoms with Gasteiger partial charge in [0.2, 0.25) is 0 Å². The van der Waals surface area contributed by atoms with Crippen molar-refractivity contribution in [2.45, 2.75) is 56.9 Å². The quantitative estimate of drug-likeness (QED) is 0.900. The summed E-state index contributed by atoms with van der Waals surface area (Å²) < 4.78 is 46.9. The molecule has 3 aliphatic heterocycles. The number of likely N-dealkylation sites (tertiary alicyclic amines) is 1. The second kappa shape index (κ2) is 6.46. The van der Waals surface area contributed by atoms with Crippen LogP contribution in [-0.4, -0.2) is 53.2 Å². The molecule has 0 aliphatic carbocycles. The van der Waals surface area contributed by atoms with Crippen LogP contribution in [0, 0.1) is 5.92 Å². The van der Waals surface area contributed by atoms with Crippen LogP contribution in [0.25, 0.3) is 0 Å². The van der Waals surface area contributed by atoms with Crippen LogP contribution < -0.4 is 5.32 Å². The largest absolute Gasteiger partial charge is 0.410 e. The van der Waals surface area contributed by atoms with E-state index in [2.05, 4.69) is 15.3 Å². The number of hydrogen-bond donors (Lipinski definition) is 1. The Morgan fingerprint density at radius 1 is 1.36 bits per heavy atom. The maximum atomic E-state index is 13.4. The van der Waals surface area contributed by atoms with E-state index >= 15 is 0 Å². The number of aromatic nitrogens is 2. The Balaban J connectivity index is 1.56.